The standard InChI is InChI=1S/C52H34N4/c1-5-18-35(19-6-1)37-22-17-23-38(34-37)50-53-49(36-20-7-2-8-21-36)54-51(55-50)56-46-31-16-14-29-42(46)44-33-32-43-41-28-13-15-30-45(41)52(47(43)48(44)56,39-24-9-3-10-25-39)40-26-11-4-12-27-40/h1-34H. The molecule has 0 spiro atoms. The first-order valence-electron chi connectivity index (χ1n) is 19.0. The smallest absolute Gasteiger partial charge is 0.238 e. The second-order valence-corrected chi connectivity index (χ2v) is 14.4. The monoisotopic (exact) mass is 714 g/mol. The van der Waals surface area contributed by atoms with Gasteiger partial charge < -0.3 is 0 Å². The molecule has 0 radical (unpaired) electrons. The van der Waals surface area contributed by atoms with Crippen LogP contribution in [0.4, 0.5) is 0 Å². The second kappa shape index (κ2) is 12.9. The lowest BCUT2D eigenvalue weighted by molar-refractivity contribution is 0.770. The highest BCUT2D eigenvalue weighted by atomic mass is 15.2. The normalized spacial score (nSPS) is 12.8. The quantitative estimate of drug-likeness (QED) is 0.172. The van der Waals surface area contributed by atoms with Gasteiger partial charge in [-0.05, 0) is 51.1 Å². The topological polar surface area (TPSA) is 43.6 Å². The van der Waals surface area contributed by atoms with Crippen LogP contribution < -0.4 is 0 Å². The van der Waals surface area contributed by atoms with Crippen LogP contribution in [0.3, 0.4) is 0 Å². The lowest BCUT2D eigenvalue weighted by Gasteiger charge is -2.34. The molecule has 4 heteroatoms. The largest absolute Gasteiger partial charge is 0.277 e. The van der Waals surface area contributed by atoms with E-state index in [4.69, 9.17) is 15.0 Å². The first-order chi connectivity index (χ1) is 27.8. The predicted octanol–water partition coefficient (Wildman–Crippen LogP) is 12.3. The molecule has 0 bridgehead atoms. The van der Waals surface area contributed by atoms with Crippen LogP contribution >= 0.6 is 0 Å². The van der Waals surface area contributed by atoms with Gasteiger partial charge in [0.15, 0.2) is 11.6 Å². The SMILES string of the molecule is c1ccc(-c2cccc(-c3nc(-c4ccccc4)nc(-n4c5ccccc5c5ccc6c(c54)C(c4ccccc4)(c4ccccc4)c4ccccc4-6)n3)c2)cc1. The Labute approximate surface area is 325 Å². The average molecular weight is 715 g/mol. The summed E-state index contributed by atoms with van der Waals surface area (Å²) in [6, 6.07) is 73.3. The van der Waals surface area contributed by atoms with Gasteiger partial charge in [-0.2, -0.15) is 9.97 Å². The molecule has 0 aliphatic heterocycles. The van der Waals surface area contributed by atoms with Crippen LogP contribution in [-0.2, 0) is 5.41 Å². The fraction of sp³-hybridized carbons (Fsp3) is 0.0192. The van der Waals surface area contributed by atoms with Crippen molar-refractivity contribution in [3.05, 3.63) is 229 Å². The highest BCUT2D eigenvalue weighted by Gasteiger charge is 2.48. The third-order valence-electron chi connectivity index (χ3n) is 11.3. The lowest BCUT2D eigenvalue weighted by atomic mass is 9.67. The molecule has 0 fully saturated rings. The summed E-state index contributed by atoms with van der Waals surface area (Å²) in [4.78, 5) is 15.9. The summed E-state index contributed by atoms with van der Waals surface area (Å²) in [6.45, 7) is 0. The molecule has 1 aliphatic rings. The fourth-order valence-corrected chi connectivity index (χ4v) is 8.97. The maximum Gasteiger partial charge on any atom is 0.238 e. The Morgan fingerprint density at radius 3 is 1.64 bits per heavy atom. The third kappa shape index (κ3) is 4.83. The molecule has 2 heterocycles. The minimum Gasteiger partial charge on any atom is -0.277 e. The molecule has 10 aromatic rings. The minimum atomic E-state index is -0.623. The number of hydrogen-bond acceptors (Lipinski definition) is 3. The van der Waals surface area contributed by atoms with Crippen LogP contribution in [0, 0.1) is 0 Å². The molecule has 0 amide bonds. The van der Waals surface area contributed by atoms with Gasteiger partial charge in [-0.1, -0.05) is 194 Å². The average Bonchev–Trinajstić information content (AvgIpc) is 3.79. The molecule has 0 saturated heterocycles. The Balaban J connectivity index is 1.28. The summed E-state index contributed by atoms with van der Waals surface area (Å²) in [5.74, 6) is 1.81. The Morgan fingerprint density at radius 1 is 0.375 bits per heavy atom. The summed E-state index contributed by atoms with van der Waals surface area (Å²) >= 11 is 0. The molecule has 0 atom stereocenters. The fourth-order valence-electron chi connectivity index (χ4n) is 8.97. The van der Waals surface area contributed by atoms with Crippen LogP contribution in [-0.4, -0.2) is 19.5 Å². The van der Waals surface area contributed by atoms with E-state index in [1.165, 1.54) is 33.4 Å². The van der Waals surface area contributed by atoms with Crippen molar-refractivity contribution in [2.24, 2.45) is 0 Å². The predicted molar refractivity (Wildman–Crippen MR) is 228 cm³/mol. The molecule has 1 aliphatic carbocycles. The maximum atomic E-state index is 5.42. The van der Waals surface area contributed by atoms with E-state index in [0.29, 0.717) is 17.6 Å². The molecule has 8 aromatic carbocycles. The molecule has 4 nitrogen and oxygen atoms in total. The molecule has 0 unspecified atom stereocenters. The van der Waals surface area contributed by atoms with Crippen LogP contribution in [0.25, 0.3) is 72.8 Å². The molecular formula is C52H34N4. The van der Waals surface area contributed by atoms with Crippen molar-refractivity contribution in [1.29, 1.82) is 0 Å². The number of rotatable bonds is 6. The first kappa shape index (κ1) is 32.0. The van der Waals surface area contributed by atoms with E-state index in [1.54, 1.807) is 0 Å². The molecule has 56 heavy (non-hydrogen) atoms. The number of nitrogens with zero attached hydrogens (tertiary/aromatic N) is 4. The van der Waals surface area contributed by atoms with Crippen LogP contribution in [0.1, 0.15) is 22.3 Å². The Hall–Kier alpha value is -7.43. The Kier molecular flexibility index (Phi) is 7.36. The zero-order valence-electron chi connectivity index (χ0n) is 30.4. The Bertz CT molecular complexity index is 3020. The van der Waals surface area contributed by atoms with Crippen molar-refractivity contribution in [1.82, 2.24) is 19.5 Å². The van der Waals surface area contributed by atoms with Crippen LogP contribution in [0.2, 0.25) is 0 Å². The van der Waals surface area contributed by atoms with Gasteiger partial charge in [0.05, 0.1) is 16.4 Å². The van der Waals surface area contributed by atoms with Crippen molar-refractivity contribution in [3.63, 3.8) is 0 Å². The second-order valence-electron chi connectivity index (χ2n) is 14.4. The third-order valence-corrected chi connectivity index (χ3v) is 11.3. The van der Waals surface area contributed by atoms with Gasteiger partial charge in [0, 0.05) is 27.5 Å². The van der Waals surface area contributed by atoms with E-state index < -0.39 is 5.41 Å². The number of hydrogen-bond donors (Lipinski definition) is 0. The van der Waals surface area contributed by atoms with Crippen molar-refractivity contribution in [2.45, 2.75) is 5.41 Å². The van der Waals surface area contributed by atoms with Crippen molar-refractivity contribution < 1.29 is 0 Å². The van der Waals surface area contributed by atoms with Crippen LogP contribution in [0.5, 0.6) is 0 Å². The van der Waals surface area contributed by atoms with E-state index in [0.717, 1.165) is 44.1 Å². The Morgan fingerprint density at radius 2 is 0.929 bits per heavy atom. The molecule has 2 aromatic heterocycles. The molecule has 0 N–H and O–H groups in total. The summed E-state index contributed by atoms with van der Waals surface area (Å²) in [5.41, 5.74) is 12.9. The number of benzene rings is 8. The summed E-state index contributed by atoms with van der Waals surface area (Å²) < 4.78 is 2.30. The first-order valence-corrected chi connectivity index (χ1v) is 19.0. The summed E-state index contributed by atoms with van der Waals surface area (Å²) in [6.07, 6.45) is 0. The van der Waals surface area contributed by atoms with E-state index in [9.17, 15) is 0 Å². The van der Waals surface area contributed by atoms with Gasteiger partial charge in [0.2, 0.25) is 5.95 Å². The highest BCUT2D eigenvalue weighted by molar-refractivity contribution is 6.13. The van der Waals surface area contributed by atoms with Crippen LogP contribution in [0.15, 0.2) is 206 Å². The summed E-state index contributed by atoms with van der Waals surface area (Å²) in [7, 11) is 0. The summed E-state index contributed by atoms with van der Waals surface area (Å²) in [5, 5.41) is 2.29. The van der Waals surface area contributed by atoms with Gasteiger partial charge in [-0.3, -0.25) is 4.57 Å². The van der Waals surface area contributed by atoms with Crippen molar-refractivity contribution >= 4 is 21.8 Å². The van der Waals surface area contributed by atoms with Gasteiger partial charge in [-0.15, -0.1) is 0 Å². The highest BCUT2D eigenvalue weighted by Crippen LogP contribution is 2.59. The molecule has 262 valence electrons. The van der Waals surface area contributed by atoms with E-state index in [2.05, 4.69) is 187 Å². The van der Waals surface area contributed by atoms with Gasteiger partial charge >= 0.3 is 0 Å². The molecule has 0 saturated carbocycles. The zero-order valence-corrected chi connectivity index (χ0v) is 30.4. The zero-order chi connectivity index (χ0) is 37.1. The minimum absolute atomic E-state index is 0.574. The van der Waals surface area contributed by atoms with Gasteiger partial charge in [0.25, 0.3) is 0 Å². The number of para-hydroxylation sites is 1. The van der Waals surface area contributed by atoms with E-state index >= 15 is 0 Å². The lowest BCUT2D eigenvalue weighted by Crippen LogP contribution is -2.29. The van der Waals surface area contributed by atoms with Crippen molar-refractivity contribution in [2.75, 3.05) is 0 Å². The molecular weight excluding hydrogens is 681 g/mol. The van der Waals surface area contributed by atoms with E-state index in [1.807, 2.05) is 24.3 Å². The van der Waals surface area contributed by atoms with E-state index in [-0.39, 0.29) is 0 Å². The van der Waals surface area contributed by atoms with Gasteiger partial charge in [-0.25, -0.2) is 4.98 Å². The maximum absolute atomic E-state index is 5.42. The van der Waals surface area contributed by atoms with Crippen molar-refractivity contribution in [3.8, 4) is 51.0 Å². The molecule has 11 rings (SSSR count). The van der Waals surface area contributed by atoms with Gasteiger partial charge in [0.1, 0.15) is 0 Å². The number of fused-ring (bicyclic) bond motifs is 7. The number of aromatic nitrogens is 4.